The number of hydrogen-bond acceptors (Lipinski definition) is 1. The Morgan fingerprint density at radius 3 is 2.25 bits per heavy atom. The zero-order chi connectivity index (χ0) is 6.57. The summed E-state index contributed by atoms with van der Waals surface area (Å²) in [5.74, 6) is 0.138. The largest absolute Gasteiger partial charge is 0.293 e. The third kappa shape index (κ3) is 5.63. The Hall–Kier alpha value is -0.370. The van der Waals surface area contributed by atoms with Gasteiger partial charge in [-0.3, -0.25) is 4.79 Å². The second-order valence-corrected chi connectivity index (χ2v) is 2.14. The SMILES string of the molecule is CC(=O)C[N+]C(C)C. The Morgan fingerprint density at radius 1 is 1.62 bits per heavy atom. The summed E-state index contributed by atoms with van der Waals surface area (Å²) in [4.78, 5) is 10.3. The van der Waals surface area contributed by atoms with Gasteiger partial charge in [-0.2, -0.15) is 0 Å². The van der Waals surface area contributed by atoms with Gasteiger partial charge in [0.1, 0.15) is 0 Å². The molecule has 0 rings (SSSR count). The summed E-state index contributed by atoms with van der Waals surface area (Å²) >= 11 is 0. The highest BCUT2D eigenvalue weighted by molar-refractivity contribution is 5.77. The Kier molecular flexibility index (Phi) is 3.44. The van der Waals surface area contributed by atoms with Gasteiger partial charge in [0.25, 0.3) is 0 Å². The van der Waals surface area contributed by atoms with Crippen LogP contribution in [-0.4, -0.2) is 18.4 Å². The molecule has 0 spiro atoms. The minimum absolute atomic E-state index is 0.138. The summed E-state index contributed by atoms with van der Waals surface area (Å²) in [7, 11) is 0. The van der Waals surface area contributed by atoms with Crippen molar-refractivity contribution in [3.63, 3.8) is 0 Å². The van der Waals surface area contributed by atoms with Crippen LogP contribution in [0.5, 0.6) is 0 Å². The molecule has 0 N–H and O–H groups in total. The van der Waals surface area contributed by atoms with Gasteiger partial charge in [0, 0.05) is 6.92 Å². The van der Waals surface area contributed by atoms with Crippen LogP contribution in [0.2, 0.25) is 0 Å². The van der Waals surface area contributed by atoms with E-state index in [1.54, 1.807) is 6.92 Å². The number of carbonyl (C=O) groups excluding carboxylic acids is 1. The zero-order valence-electron chi connectivity index (χ0n) is 5.64. The molecule has 0 saturated carbocycles. The van der Waals surface area contributed by atoms with E-state index in [1.165, 1.54) is 0 Å². The first-order valence-corrected chi connectivity index (χ1v) is 2.79. The summed E-state index contributed by atoms with van der Waals surface area (Å²) in [5, 5.41) is 3.97. The quantitative estimate of drug-likeness (QED) is 0.528. The number of ketones is 1. The summed E-state index contributed by atoms with van der Waals surface area (Å²) in [6, 6.07) is 0.291. The van der Waals surface area contributed by atoms with Gasteiger partial charge in [0.15, 0.2) is 11.8 Å². The fourth-order valence-corrected chi connectivity index (χ4v) is 0.311. The van der Waals surface area contributed by atoms with Crippen LogP contribution in [-0.2, 0) is 4.79 Å². The standard InChI is InChI=1S/C6H12NO/c1-5(2)7-4-6(3)8/h5H,4H2,1-3H3/q+1. The fraction of sp³-hybridized carbons (Fsp3) is 0.833. The van der Waals surface area contributed by atoms with E-state index in [9.17, 15) is 4.79 Å². The Bertz CT molecular complexity index is 78.6. The van der Waals surface area contributed by atoms with E-state index in [-0.39, 0.29) is 5.78 Å². The molecule has 8 heavy (non-hydrogen) atoms. The normalized spacial score (nSPS) is 10.0. The first-order chi connectivity index (χ1) is 3.63. The monoisotopic (exact) mass is 114 g/mol. The molecule has 2 heteroatoms. The van der Waals surface area contributed by atoms with Crippen molar-refractivity contribution in [2.24, 2.45) is 0 Å². The maximum Gasteiger partial charge on any atom is 0.241 e. The highest BCUT2D eigenvalue weighted by Crippen LogP contribution is 1.77. The maximum absolute atomic E-state index is 10.3. The summed E-state index contributed by atoms with van der Waals surface area (Å²) in [6.07, 6.45) is 0. The molecule has 0 saturated heterocycles. The molecule has 2 nitrogen and oxygen atoms in total. The van der Waals surface area contributed by atoms with E-state index in [4.69, 9.17) is 0 Å². The lowest BCUT2D eigenvalue weighted by molar-refractivity contribution is -0.116. The van der Waals surface area contributed by atoms with Crippen molar-refractivity contribution in [1.29, 1.82) is 0 Å². The summed E-state index contributed by atoms with van der Waals surface area (Å²) in [6.45, 7) is 5.84. The summed E-state index contributed by atoms with van der Waals surface area (Å²) < 4.78 is 0. The second kappa shape index (κ2) is 3.61. The smallest absolute Gasteiger partial charge is 0.241 e. The van der Waals surface area contributed by atoms with Crippen molar-refractivity contribution in [2.45, 2.75) is 26.8 Å². The van der Waals surface area contributed by atoms with Crippen LogP contribution in [0.3, 0.4) is 0 Å². The van der Waals surface area contributed by atoms with Crippen molar-refractivity contribution in [3.8, 4) is 0 Å². The lowest BCUT2D eigenvalue weighted by Gasteiger charge is -1.83. The number of carbonyl (C=O) groups is 1. The van der Waals surface area contributed by atoms with Crippen LogP contribution in [0.4, 0.5) is 0 Å². The molecule has 2 radical (unpaired) electrons. The van der Waals surface area contributed by atoms with Gasteiger partial charge in [-0.05, 0) is 13.8 Å². The van der Waals surface area contributed by atoms with Crippen molar-refractivity contribution in [1.82, 2.24) is 5.32 Å². The van der Waals surface area contributed by atoms with Gasteiger partial charge in [-0.15, -0.1) is 0 Å². The first-order valence-electron chi connectivity index (χ1n) is 2.79. The van der Waals surface area contributed by atoms with E-state index in [0.717, 1.165) is 0 Å². The Labute approximate surface area is 50.3 Å². The molecular formula is C6H12NO+. The van der Waals surface area contributed by atoms with Gasteiger partial charge >= 0.3 is 0 Å². The van der Waals surface area contributed by atoms with E-state index in [1.807, 2.05) is 13.8 Å². The van der Waals surface area contributed by atoms with Gasteiger partial charge in [-0.25, -0.2) is 0 Å². The molecule has 0 atom stereocenters. The van der Waals surface area contributed by atoms with Crippen LogP contribution < -0.4 is 5.32 Å². The highest BCUT2D eigenvalue weighted by atomic mass is 16.1. The number of hydrogen-bond donors (Lipinski definition) is 0. The highest BCUT2D eigenvalue weighted by Gasteiger charge is 2.10. The van der Waals surface area contributed by atoms with Crippen molar-refractivity contribution in [3.05, 3.63) is 0 Å². The summed E-state index contributed by atoms with van der Waals surface area (Å²) in [5.41, 5.74) is 0. The molecule has 0 fully saturated rings. The number of nitrogens with zero attached hydrogens (tertiary/aromatic N) is 1. The predicted octanol–water partition coefficient (Wildman–Crippen LogP) is 0.588. The number of rotatable bonds is 3. The van der Waals surface area contributed by atoms with Crippen molar-refractivity contribution >= 4 is 5.78 Å². The van der Waals surface area contributed by atoms with Gasteiger partial charge in [0.2, 0.25) is 6.54 Å². The van der Waals surface area contributed by atoms with Crippen LogP contribution in [0.25, 0.3) is 0 Å². The fourth-order valence-electron chi connectivity index (χ4n) is 0.311. The molecule has 0 unspecified atom stereocenters. The molecule has 0 amide bonds. The molecule has 0 aromatic carbocycles. The lowest BCUT2D eigenvalue weighted by atomic mass is 10.3. The minimum Gasteiger partial charge on any atom is -0.293 e. The number of Topliss-reactive ketones (excluding diaryl/α,β-unsaturated/α-hetero) is 1. The Morgan fingerprint density at radius 2 is 2.12 bits per heavy atom. The molecule has 0 aliphatic carbocycles. The first kappa shape index (κ1) is 7.63. The van der Waals surface area contributed by atoms with Crippen molar-refractivity contribution in [2.75, 3.05) is 6.54 Å². The maximum atomic E-state index is 10.3. The molecule has 0 aromatic rings. The third-order valence-corrected chi connectivity index (χ3v) is 0.679. The minimum atomic E-state index is 0.138. The topological polar surface area (TPSA) is 31.2 Å². The molecule has 0 aliphatic heterocycles. The van der Waals surface area contributed by atoms with Crippen LogP contribution >= 0.6 is 0 Å². The Balaban J connectivity index is 3.05. The molecule has 0 heterocycles. The van der Waals surface area contributed by atoms with Gasteiger partial charge in [-0.1, -0.05) is 0 Å². The molecule has 0 aliphatic rings. The van der Waals surface area contributed by atoms with Crippen LogP contribution in [0, 0.1) is 0 Å². The van der Waals surface area contributed by atoms with Gasteiger partial charge < -0.3 is 0 Å². The van der Waals surface area contributed by atoms with E-state index < -0.39 is 0 Å². The lowest BCUT2D eigenvalue weighted by Crippen LogP contribution is -2.20. The molecular weight excluding hydrogens is 102 g/mol. The van der Waals surface area contributed by atoms with Gasteiger partial charge in [0.05, 0.1) is 5.32 Å². The van der Waals surface area contributed by atoms with Crippen molar-refractivity contribution < 1.29 is 4.79 Å². The third-order valence-electron chi connectivity index (χ3n) is 0.679. The van der Waals surface area contributed by atoms with Crippen LogP contribution in [0.1, 0.15) is 20.8 Å². The zero-order valence-corrected chi connectivity index (χ0v) is 5.64. The molecule has 0 bridgehead atoms. The van der Waals surface area contributed by atoms with E-state index >= 15 is 0 Å². The molecule has 46 valence electrons. The molecule has 0 aromatic heterocycles. The van der Waals surface area contributed by atoms with Crippen LogP contribution in [0.15, 0.2) is 0 Å². The average molecular weight is 114 g/mol. The predicted molar refractivity (Wildman–Crippen MR) is 32.8 cm³/mol. The average Bonchev–Trinajstić information content (AvgIpc) is 1.61. The van der Waals surface area contributed by atoms with E-state index in [2.05, 4.69) is 5.32 Å². The van der Waals surface area contributed by atoms with E-state index in [0.29, 0.717) is 12.6 Å². The second-order valence-electron chi connectivity index (χ2n) is 2.14.